The van der Waals surface area contributed by atoms with Crippen molar-refractivity contribution in [2.24, 2.45) is 0 Å². The normalized spacial score (nSPS) is 12.2. The monoisotopic (exact) mass is 694 g/mol. The largest absolute Gasteiger partial charge is 0.494 e. The molecular weight excluding hydrogens is 677 g/mol. The Morgan fingerprint density at radius 2 is 1.56 bits per heavy atom. The van der Waals surface area contributed by atoms with Crippen molar-refractivity contribution in [3.05, 3.63) is 81.1 Å². The first-order valence-electron chi connectivity index (χ1n) is 12.1. The van der Waals surface area contributed by atoms with Crippen molar-refractivity contribution < 1.29 is 63.0 Å². The van der Waals surface area contributed by atoms with Crippen LogP contribution in [0.1, 0.15) is 33.2 Å². The third kappa shape index (κ3) is 7.01. The Morgan fingerprint density at radius 3 is 2.09 bits per heavy atom. The number of ether oxygens (including phenoxy) is 2. The SMILES string of the molecule is CCN(C(=O)c1cc(Cl)ccc1F)c1cccc(C(=O)Nc2c(Cl)cc(C(F)(C(F)(F)F)C(F)(F)F)cc2OC(F)F)c1OC. The van der Waals surface area contributed by atoms with E-state index < -0.39 is 75.4 Å². The average molecular weight is 695 g/mol. The summed E-state index contributed by atoms with van der Waals surface area (Å²) in [4.78, 5) is 27.5. The summed E-state index contributed by atoms with van der Waals surface area (Å²) in [5.41, 5.74) is -10.4. The minimum absolute atomic E-state index is 0.0242. The fourth-order valence-electron chi connectivity index (χ4n) is 4.12. The first kappa shape index (κ1) is 35.6. The van der Waals surface area contributed by atoms with Crippen LogP contribution < -0.4 is 19.7 Å². The second-order valence-electron chi connectivity index (χ2n) is 8.85. The van der Waals surface area contributed by atoms with Crippen LogP contribution in [-0.2, 0) is 5.67 Å². The van der Waals surface area contributed by atoms with Gasteiger partial charge in [0.2, 0.25) is 0 Å². The van der Waals surface area contributed by atoms with E-state index in [1.807, 2.05) is 5.32 Å². The predicted molar refractivity (Wildman–Crippen MR) is 143 cm³/mol. The molecule has 0 radical (unpaired) electrons. The summed E-state index contributed by atoms with van der Waals surface area (Å²) >= 11 is 11.7. The Kier molecular flexibility index (Phi) is 10.4. The molecule has 6 nitrogen and oxygen atoms in total. The lowest BCUT2D eigenvalue weighted by molar-refractivity contribution is -0.348. The highest BCUT2D eigenvalue weighted by molar-refractivity contribution is 6.34. The van der Waals surface area contributed by atoms with Crippen LogP contribution in [0.4, 0.5) is 55.3 Å². The van der Waals surface area contributed by atoms with Gasteiger partial charge in [-0.05, 0) is 49.4 Å². The van der Waals surface area contributed by atoms with Gasteiger partial charge in [0.25, 0.3) is 11.8 Å². The molecule has 0 atom stereocenters. The van der Waals surface area contributed by atoms with E-state index in [-0.39, 0.29) is 35.1 Å². The van der Waals surface area contributed by atoms with Crippen LogP contribution in [0.2, 0.25) is 10.0 Å². The van der Waals surface area contributed by atoms with Gasteiger partial charge in [0, 0.05) is 17.1 Å². The van der Waals surface area contributed by atoms with Gasteiger partial charge in [-0.25, -0.2) is 8.78 Å². The second kappa shape index (κ2) is 13.2. The Labute approximate surface area is 257 Å². The third-order valence-electron chi connectivity index (χ3n) is 6.14. The van der Waals surface area contributed by atoms with Crippen LogP contribution in [0.25, 0.3) is 0 Å². The van der Waals surface area contributed by atoms with Crippen LogP contribution >= 0.6 is 23.2 Å². The first-order valence-corrected chi connectivity index (χ1v) is 12.9. The highest BCUT2D eigenvalue weighted by Gasteiger charge is 2.73. The maximum absolute atomic E-state index is 14.7. The lowest BCUT2D eigenvalue weighted by Crippen LogP contribution is -2.50. The predicted octanol–water partition coefficient (Wildman–Crippen LogP) is 8.95. The fraction of sp³-hybridized carbons (Fsp3) is 0.259. The molecule has 0 saturated heterocycles. The first-order chi connectivity index (χ1) is 20.8. The van der Waals surface area contributed by atoms with E-state index >= 15 is 0 Å². The number of benzene rings is 3. The molecule has 0 aromatic heterocycles. The number of halogens is 12. The number of rotatable bonds is 9. The number of para-hydroxylation sites is 1. The molecule has 0 fully saturated rings. The van der Waals surface area contributed by atoms with Crippen molar-refractivity contribution in [2.45, 2.75) is 31.6 Å². The lowest BCUT2D eigenvalue weighted by atomic mass is 9.93. The van der Waals surface area contributed by atoms with Crippen molar-refractivity contribution in [1.29, 1.82) is 0 Å². The quantitative estimate of drug-likeness (QED) is 0.227. The van der Waals surface area contributed by atoms with E-state index in [2.05, 4.69) is 4.74 Å². The maximum Gasteiger partial charge on any atom is 0.435 e. The van der Waals surface area contributed by atoms with Gasteiger partial charge in [0.05, 0.1) is 28.9 Å². The molecule has 0 aliphatic heterocycles. The molecular formula is C27H18Cl2F10N2O4. The number of amides is 2. The molecule has 3 aromatic rings. The van der Waals surface area contributed by atoms with Crippen molar-refractivity contribution in [3.8, 4) is 11.5 Å². The van der Waals surface area contributed by atoms with Gasteiger partial charge in [0.15, 0.2) is 11.5 Å². The summed E-state index contributed by atoms with van der Waals surface area (Å²) in [5.74, 6) is -5.09. The molecule has 3 aromatic carbocycles. The molecule has 0 aliphatic rings. The second-order valence-corrected chi connectivity index (χ2v) is 9.69. The fourth-order valence-corrected chi connectivity index (χ4v) is 4.55. The standard InChI is InChI=1S/C27H18Cl2F10N2O4/c1-3-41(23(43)15-11-13(28)7-8-17(15)30)18-6-4-5-14(21(18)44-2)22(42)40-20-16(29)9-12(10-19(20)45-24(31)32)25(33,26(34,35)36)27(37,38)39/h4-11,24H,3H2,1-2H3,(H,40,42). The van der Waals surface area contributed by atoms with Crippen LogP contribution in [-0.4, -0.2) is 44.4 Å². The van der Waals surface area contributed by atoms with Crippen LogP contribution in [0.5, 0.6) is 11.5 Å². The van der Waals surface area contributed by atoms with Crippen LogP contribution in [0.15, 0.2) is 48.5 Å². The van der Waals surface area contributed by atoms with Gasteiger partial charge in [0.1, 0.15) is 11.5 Å². The highest BCUT2D eigenvalue weighted by Crippen LogP contribution is 2.55. The number of alkyl halides is 9. The molecule has 0 aliphatic carbocycles. The molecule has 244 valence electrons. The highest BCUT2D eigenvalue weighted by atomic mass is 35.5. The Morgan fingerprint density at radius 1 is 0.933 bits per heavy atom. The number of anilines is 2. The lowest BCUT2D eigenvalue weighted by Gasteiger charge is -2.31. The van der Waals surface area contributed by atoms with Gasteiger partial charge < -0.3 is 19.7 Å². The molecule has 0 unspecified atom stereocenters. The van der Waals surface area contributed by atoms with E-state index in [4.69, 9.17) is 27.9 Å². The molecule has 0 saturated carbocycles. The molecule has 0 spiro atoms. The van der Waals surface area contributed by atoms with E-state index in [0.717, 1.165) is 30.2 Å². The Bertz CT molecular complexity index is 1580. The number of methoxy groups -OCH3 is 1. The molecule has 2 amide bonds. The Balaban J connectivity index is 2.13. The van der Waals surface area contributed by atoms with E-state index in [9.17, 15) is 53.5 Å². The number of nitrogens with one attached hydrogen (secondary N) is 1. The minimum atomic E-state index is -6.62. The number of hydrogen-bond acceptors (Lipinski definition) is 4. The summed E-state index contributed by atoms with van der Waals surface area (Å²) in [6.45, 7) is -2.53. The number of carbonyl (C=O) groups excluding carboxylic acids is 2. The topological polar surface area (TPSA) is 67.9 Å². The van der Waals surface area contributed by atoms with E-state index in [1.54, 1.807) is 0 Å². The Hall–Kier alpha value is -3.92. The third-order valence-corrected chi connectivity index (χ3v) is 6.67. The number of nitrogens with zero attached hydrogens (tertiary/aromatic N) is 1. The van der Waals surface area contributed by atoms with Crippen molar-refractivity contribution in [1.82, 2.24) is 0 Å². The summed E-state index contributed by atoms with van der Waals surface area (Å²) < 4.78 is 144. The van der Waals surface area contributed by atoms with Crippen molar-refractivity contribution in [3.63, 3.8) is 0 Å². The summed E-state index contributed by atoms with van der Waals surface area (Å²) in [6.07, 6.45) is -13.2. The zero-order chi connectivity index (χ0) is 34.1. The molecule has 3 rings (SSSR count). The molecule has 0 heterocycles. The van der Waals surface area contributed by atoms with E-state index in [0.29, 0.717) is 0 Å². The zero-order valence-electron chi connectivity index (χ0n) is 22.5. The van der Waals surface area contributed by atoms with Gasteiger partial charge in [-0.3, -0.25) is 9.59 Å². The van der Waals surface area contributed by atoms with Gasteiger partial charge in [-0.15, -0.1) is 0 Å². The average Bonchev–Trinajstić information content (AvgIpc) is 2.94. The van der Waals surface area contributed by atoms with Crippen LogP contribution in [0, 0.1) is 5.82 Å². The smallest absolute Gasteiger partial charge is 0.435 e. The molecule has 18 heteroatoms. The van der Waals surface area contributed by atoms with Crippen LogP contribution in [0.3, 0.4) is 0 Å². The molecule has 1 N–H and O–H groups in total. The van der Waals surface area contributed by atoms with Gasteiger partial charge in [-0.2, -0.15) is 35.1 Å². The number of carbonyl (C=O) groups is 2. The summed E-state index contributed by atoms with van der Waals surface area (Å²) in [7, 11) is 1.05. The minimum Gasteiger partial charge on any atom is -0.494 e. The molecule has 45 heavy (non-hydrogen) atoms. The number of hydrogen-bond donors (Lipinski definition) is 1. The maximum atomic E-state index is 14.7. The van der Waals surface area contributed by atoms with Gasteiger partial charge in [-0.1, -0.05) is 29.3 Å². The van der Waals surface area contributed by atoms with Crippen molar-refractivity contribution in [2.75, 3.05) is 23.9 Å². The molecule has 0 bridgehead atoms. The zero-order valence-corrected chi connectivity index (χ0v) is 24.0. The van der Waals surface area contributed by atoms with Crippen molar-refractivity contribution >= 4 is 46.4 Å². The summed E-state index contributed by atoms with van der Waals surface area (Å²) in [5, 5.41) is 0.696. The van der Waals surface area contributed by atoms with E-state index in [1.165, 1.54) is 25.1 Å². The summed E-state index contributed by atoms with van der Waals surface area (Å²) in [6, 6.07) is 6.25. The van der Waals surface area contributed by atoms with Gasteiger partial charge >= 0.3 is 24.6 Å².